The molecule has 2 rings (SSSR count). The first-order chi connectivity index (χ1) is 5.66. The largest absolute Gasteiger partial charge is 1.00 e. The molecule has 0 amide bonds. The molecular weight excluding hydrogens is 183 g/mol. The maximum atomic E-state index is 10.5. The molecule has 0 saturated heterocycles. The van der Waals surface area contributed by atoms with Gasteiger partial charge >= 0.3 is 24.8 Å². The molecule has 0 spiro atoms. The summed E-state index contributed by atoms with van der Waals surface area (Å²) in [6.45, 7) is 1.61. The van der Waals surface area contributed by atoms with Crippen molar-refractivity contribution in [1.29, 1.82) is 0 Å². The van der Waals surface area contributed by atoms with Crippen LogP contribution >= 0.6 is 11.3 Å². The van der Waals surface area contributed by atoms with Gasteiger partial charge in [0.05, 0.1) is 5.69 Å². The van der Waals surface area contributed by atoms with E-state index in [0.29, 0.717) is 0 Å². The molecule has 6 heteroatoms. The van der Waals surface area contributed by atoms with Gasteiger partial charge in [0.1, 0.15) is 0 Å². The number of thiazole rings is 1. The summed E-state index contributed by atoms with van der Waals surface area (Å²) in [6, 6.07) is 0. The topological polar surface area (TPSA) is 53.4 Å². The minimum Gasteiger partial charge on any atom is -1.00 e. The summed E-state index contributed by atoms with van der Waals surface area (Å²) in [6.07, 6.45) is 0. The number of hydrogen-bond donors (Lipinski definition) is 1. The SMILES string of the molecule is CN1Cc2nc(C(=O)O)sc2C1.[H-].[Li+]. The monoisotopic (exact) mass is 192 g/mol. The summed E-state index contributed by atoms with van der Waals surface area (Å²) in [5.74, 6) is -0.919. The molecule has 66 valence electrons. The third-order valence-electron chi connectivity index (χ3n) is 1.79. The molecule has 0 unspecified atom stereocenters. The van der Waals surface area contributed by atoms with Crippen molar-refractivity contribution >= 4 is 17.3 Å². The number of aromatic carboxylic acids is 1. The van der Waals surface area contributed by atoms with Gasteiger partial charge < -0.3 is 6.53 Å². The van der Waals surface area contributed by atoms with E-state index in [4.69, 9.17) is 5.11 Å². The van der Waals surface area contributed by atoms with E-state index >= 15 is 0 Å². The van der Waals surface area contributed by atoms with Crippen LogP contribution in [0.1, 0.15) is 21.8 Å². The molecule has 1 aromatic heterocycles. The van der Waals surface area contributed by atoms with E-state index in [1.807, 2.05) is 7.05 Å². The van der Waals surface area contributed by atoms with Gasteiger partial charge in [0.25, 0.3) is 0 Å². The average Bonchev–Trinajstić information content (AvgIpc) is 2.42. The van der Waals surface area contributed by atoms with Gasteiger partial charge in [0, 0.05) is 18.0 Å². The van der Waals surface area contributed by atoms with Gasteiger partial charge in [-0.25, -0.2) is 9.78 Å². The minimum absolute atomic E-state index is 0. The van der Waals surface area contributed by atoms with E-state index in [2.05, 4.69) is 9.88 Å². The third-order valence-corrected chi connectivity index (χ3v) is 2.86. The second kappa shape index (κ2) is 3.80. The number of carboxylic acids is 1. The fraction of sp³-hybridized carbons (Fsp3) is 0.429. The smallest absolute Gasteiger partial charge is 1.00 e. The van der Waals surface area contributed by atoms with Crippen molar-refractivity contribution in [2.45, 2.75) is 13.1 Å². The predicted octanol–water partition coefficient (Wildman–Crippen LogP) is -2.10. The second-order valence-electron chi connectivity index (χ2n) is 2.87. The Bertz CT molecular complexity index is 321. The first-order valence-corrected chi connectivity index (χ1v) is 4.39. The van der Waals surface area contributed by atoms with E-state index in [0.717, 1.165) is 23.7 Å². The molecule has 1 aliphatic rings. The molecule has 0 saturated carbocycles. The van der Waals surface area contributed by atoms with Crippen molar-refractivity contribution in [3.8, 4) is 0 Å². The first kappa shape index (κ1) is 10.7. The van der Waals surface area contributed by atoms with Crippen molar-refractivity contribution in [3.05, 3.63) is 15.6 Å². The van der Waals surface area contributed by atoms with E-state index in [1.54, 1.807) is 0 Å². The second-order valence-corrected chi connectivity index (χ2v) is 3.95. The number of hydrogen-bond acceptors (Lipinski definition) is 4. The van der Waals surface area contributed by atoms with Crippen molar-refractivity contribution in [1.82, 2.24) is 9.88 Å². The minimum atomic E-state index is -0.919. The van der Waals surface area contributed by atoms with Crippen LogP contribution in [0.4, 0.5) is 0 Å². The molecule has 1 N–H and O–H groups in total. The zero-order valence-electron chi connectivity index (χ0n) is 8.57. The zero-order valence-corrected chi connectivity index (χ0v) is 8.39. The van der Waals surface area contributed by atoms with E-state index in [9.17, 15) is 4.79 Å². The Balaban J connectivity index is 0.000000845. The predicted molar refractivity (Wildman–Crippen MR) is 45.4 cm³/mol. The summed E-state index contributed by atoms with van der Waals surface area (Å²) < 4.78 is 0. The summed E-state index contributed by atoms with van der Waals surface area (Å²) in [7, 11) is 1.99. The van der Waals surface area contributed by atoms with Gasteiger partial charge in [-0.15, -0.1) is 11.3 Å². The van der Waals surface area contributed by atoms with Gasteiger partial charge in [0.2, 0.25) is 5.01 Å². The normalized spacial score (nSPS) is 15.2. The van der Waals surface area contributed by atoms with Crippen LogP contribution in [0.25, 0.3) is 0 Å². The summed E-state index contributed by atoms with van der Waals surface area (Å²) in [4.78, 5) is 17.7. The van der Waals surface area contributed by atoms with Crippen LogP contribution in [0.5, 0.6) is 0 Å². The Labute approximate surface area is 93.2 Å². The Morgan fingerprint density at radius 2 is 2.38 bits per heavy atom. The molecule has 0 aromatic carbocycles. The van der Waals surface area contributed by atoms with Crippen LogP contribution in [-0.2, 0) is 13.1 Å². The van der Waals surface area contributed by atoms with Crippen LogP contribution in [0.15, 0.2) is 0 Å². The number of fused-ring (bicyclic) bond motifs is 1. The fourth-order valence-corrected chi connectivity index (χ4v) is 2.27. The van der Waals surface area contributed by atoms with Crippen LogP contribution in [-0.4, -0.2) is 28.0 Å². The molecule has 1 aliphatic heterocycles. The molecular formula is C7H9LiN2O2S. The molecule has 0 bridgehead atoms. The zero-order chi connectivity index (χ0) is 8.72. The van der Waals surface area contributed by atoms with E-state index < -0.39 is 5.97 Å². The van der Waals surface area contributed by atoms with Crippen LogP contribution < -0.4 is 18.9 Å². The van der Waals surface area contributed by atoms with E-state index in [-0.39, 0.29) is 25.3 Å². The molecule has 1 aromatic rings. The summed E-state index contributed by atoms with van der Waals surface area (Å²) in [5, 5.41) is 8.86. The number of aromatic nitrogens is 1. The number of carbonyl (C=O) groups is 1. The molecule has 0 fully saturated rings. The van der Waals surface area contributed by atoms with Crippen molar-refractivity contribution in [2.24, 2.45) is 0 Å². The quantitative estimate of drug-likeness (QED) is 0.518. The Hall–Kier alpha value is -0.343. The number of carboxylic acid groups (broad SMARTS) is 1. The summed E-state index contributed by atoms with van der Waals surface area (Å²) in [5.41, 5.74) is 0.930. The maximum absolute atomic E-state index is 10.5. The van der Waals surface area contributed by atoms with Crippen molar-refractivity contribution in [2.75, 3.05) is 7.05 Å². The van der Waals surface area contributed by atoms with Crippen LogP contribution in [0, 0.1) is 0 Å². The van der Waals surface area contributed by atoms with Gasteiger partial charge in [0.15, 0.2) is 0 Å². The molecule has 2 heterocycles. The molecule has 13 heavy (non-hydrogen) atoms. The molecule has 0 aliphatic carbocycles. The van der Waals surface area contributed by atoms with E-state index in [1.165, 1.54) is 11.3 Å². The average molecular weight is 192 g/mol. The van der Waals surface area contributed by atoms with Crippen molar-refractivity contribution < 1.29 is 30.2 Å². The number of rotatable bonds is 1. The van der Waals surface area contributed by atoms with Gasteiger partial charge in [-0.3, -0.25) is 4.90 Å². The number of nitrogens with zero attached hydrogens (tertiary/aromatic N) is 2. The van der Waals surface area contributed by atoms with Gasteiger partial charge in [-0.05, 0) is 7.05 Å². The standard InChI is InChI=1S/C7H8N2O2S.Li.H/c1-9-2-4-5(3-9)12-6(8-4)7(10)11;;/h2-3H2,1H3,(H,10,11);;/q;+1;-1. The Morgan fingerprint density at radius 3 is 2.92 bits per heavy atom. The van der Waals surface area contributed by atoms with Gasteiger partial charge in [-0.1, -0.05) is 0 Å². The Kier molecular flexibility index (Phi) is 3.14. The van der Waals surface area contributed by atoms with Crippen LogP contribution in [0.2, 0.25) is 0 Å². The fourth-order valence-electron chi connectivity index (χ4n) is 1.28. The van der Waals surface area contributed by atoms with Crippen molar-refractivity contribution in [3.63, 3.8) is 0 Å². The third kappa shape index (κ3) is 1.94. The van der Waals surface area contributed by atoms with Gasteiger partial charge in [-0.2, -0.15) is 0 Å². The Morgan fingerprint density at radius 1 is 1.69 bits per heavy atom. The molecule has 0 atom stereocenters. The maximum Gasteiger partial charge on any atom is 1.00 e. The molecule has 4 nitrogen and oxygen atoms in total. The first-order valence-electron chi connectivity index (χ1n) is 3.57. The van der Waals surface area contributed by atoms with Crippen LogP contribution in [0.3, 0.4) is 0 Å². The summed E-state index contributed by atoms with van der Waals surface area (Å²) >= 11 is 1.28. The molecule has 0 radical (unpaired) electrons.